The molecule has 2 heterocycles. The van der Waals surface area contributed by atoms with Gasteiger partial charge in [0.2, 0.25) is 0 Å². The molecule has 2 aromatic carbocycles. The van der Waals surface area contributed by atoms with E-state index >= 15 is 0 Å². The lowest BCUT2D eigenvalue weighted by Crippen LogP contribution is -2.20. The second-order valence-corrected chi connectivity index (χ2v) is 9.03. The minimum atomic E-state index is -0.234. The number of anilines is 1. The van der Waals surface area contributed by atoms with Crippen molar-refractivity contribution in [1.82, 2.24) is 15.3 Å². The molecule has 0 atom stereocenters. The first-order valence-corrected chi connectivity index (χ1v) is 12.6. The number of pyridine rings is 1. The van der Waals surface area contributed by atoms with E-state index in [1.54, 1.807) is 0 Å². The molecule has 194 valence electrons. The predicted molar refractivity (Wildman–Crippen MR) is 160 cm³/mol. The molecule has 4 rings (SSSR count). The van der Waals surface area contributed by atoms with E-state index in [1.165, 1.54) is 12.1 Å². The Morgan fingerprint density at radius 1 is 1.11 bits per heavy atom. The summed E-state index contributed by atoms with van der Waals surface area (Å²) in [6.07, 6.45) is 14.6. The van der Waals surface area contributed by atoms with Crippen LogP contribution in [-0.2, 0) is 6.42 Å². The molecule has 0 aliphatic carbocycles. The summed E-state index contributed by atoms with van der Waals surface area (Å²) in [5.74, 6) is -0.234. The maximum atomic E-state index is 13.5. The number of allylic oxidation sites excluding steroid dienone is 4. The molecule has 4 nitrogen and oxygen atoms in total. The second-order valence-electron chi connectivity index (χ2n) is 9.03. The van der Waals surface area contributed by atoms with E-state index in [-0.39, 0.29) is 5.82 Å². The van der Waals surface area contributed by atoms with Gasteiger partial charge in [0.15, 0.2) is 0 Å². The first-order chi connectivity index (χ1) is 18.4. The van der Waals surface area contributed by atoms with Gasteiger partial charge in [-0.3, -0.25) is 4.98 Å². The van der Waals surface area contributed by atoms with Crippen LogP contribution in [-0.4, -0.2) is 23.1 Å². The molecule has 0 aliphatic heterocycles. The maximum Gasteiger partial charge on any atom is 0.123 e. The van der Waals surface area contributed by atoms with Crippen molar-refractivity contribution in [2.75, 3.05) is 12.4 Å². The average Bonchev–Trinajstić information content (AvgIpc) is 3.35. The highest BCUT2D eigenvalue weighted by atomic mass is 19.1. The highest BCUT2D eigenvalue weighted by Crippen LogP contribution is 2.31. The monoisotopic (exact) mass is 506 g/mol. The number of nitrogens with zero attached hydrogens (tertiary/aromatic N) is 1. The van der Waals surface area contributed by atoms with Crippen molar-refractivity contribution in [3.63, 3.8) is 0 Å². The topological polar surface area (TPSA) is 52.7 Å². The van der Waals surface area contributed by atoms with Gasteiger partial charge in [0.25, 0.3) is 0 Å². The Hall–Kier alpha value is -4.56. The fourth-order valence-corrected chi connectivity index (χ4v) is 4.36. The zero-order valence-corrected chi connectivity index (χ0v) is 22.5. The molecule has 0 saturated carbocycles. The van der Waals surface area contributed by atoms with E-state index in [1.807, 2.05) is 44.3 Å². The number of terminal acetylenes is 1. The molecule has 3 N–H and O–H groups in total. The molecular weight excluding hydrogens is 471 g/mol. The molecule has 0 saturated heterocycles. The van der Waals surface area contributed by atoms with Crippen molar-refractivity contribution < 1.29 is 4.39 Å². The standard InChI is InChI=1S/C31H33FN4.C2H2/c1-6-21(17-24(7-2)34-20(3)4)28-15-16-30(33-5)31(36-28)19-25-18-27-26(9-8-10-29(27)35-25)22-11-13-23(32)14-12-22;1-2/h6-18,20,33-35H,2,19H2,1,3-5H3;1-2H/b21-6+,24-17+;. The van der Waals surface area contributed by atoms with E-state index in [9.17, 15) is 4.39 Å². The molecule has 0 amide bonds. The average molecular weight is 507 g/mol. The number of H-pyrrole nitrogens is 1. The fourth-order valence-electron chi connectivity index (χ4n) is 4.36. The van der Waals surface area contributed by atoms with Crippen LogP contribution in [0, 0.1) is 18.7 Å². The molecule has 5 heteroatoms. The summed E-state index contributed by atoms with van der Waals surface area (Å²) in [6, 6.07) is 19.4. The summed E-state index contributed by atoms with van der Waals surface area (Å²) >= 11 is 0. The van der Waals surface area contributed by atoms with Crippen LogP contribution in [0.25, 0.3) is 27.6 Å². The van der Waals surface area contributed by atoms with Crippen LogP contribution in [0.4, 0.5) is 10.1 Å². The Bertz CT molecular complexity index is 1470. The molecule has 0 unspecified atom stereocenters. The molecule has 0 fully saturated rings. The first kappa shape index (κ1) is 28.0. The first-order valence-electron chi connectivity index (χ1n) is 12.6. The summed E-state index contributed by atoms with van der Waals surface area (Å²) in [4.78, 5) is 8.59. The van der Waals surface area contributed by atoms with Gasteiger partial charge in [-0.25, -0.2) is 4.39 Å². The van der Waals surface area contributed by atoms with Gasteiger partial charge >= 0.3 is 0 Å². The van der Waals surface area contributed by atoms with Gasteiger partial charge < -0.3 is 15.6 Å². The number of fused-ring (bicyclic) bond motifs is 1. The van der Waals surface area contributed by atoms with Gasteiger partial charge in [-0.05, 0) is 86.0 Å². The SMILES string of the molecule is C#C.C=C/C(=C\C(=C/C)c1ccc(NC)c(Cc2cc3c(-c4ccc(F)cc4)cccc3[nH]2)n1)NC(C)C. The number of hydrogen-bond donors (Lipinski definition) is 3. The quantitative estimate of drug-likeness (QED) is 0.161. The molecule has 0 radical (unpaired) electrons. The van der Waals surface area contributed by atoms with Crippen molar-refractivity contribution in [2.45, 2.75) is 33.2 Å². The number of aromatic amines is 1. The number of rotatable bonds is 9. The van der Waals surface area contributed by atoms with Gasteiger partial charge in [-0.1, -0.05) is 36.9 Å². The molecule has 0 spiro atoms. The van der Waals surface area contributed by atoms with Crippen LogP contribution in [0.5, 0.6) is 0 Å². The lowest BCUT2D eigenvalue weighted by Gasteiger charge is -2.13. The Labute approximate surface area is 225 Å². The van der Waals surface area contributed by atoms with Crippen molar-refractivity contribution in [3.05, 3.63) is 114 Å². The van der Waals surface area contributed by atoms with E-state index in [4.69, 9.17) is 4.98 Å². The van der Waals surface area contributed by atoms with Crippen molar-refractivity contribution in [2.24, 2.45) is 0 Å². The third-order valence-electron chi connectivity index (χ3n) is 6.07. The van der Waals surface area contributed by atoms with Crippen molar-refractivity contribution in [3.8, 4) is 24.0 Å². The van der Waals surface area contributed by atoms with Gasteiger partial charge in [-0.2, -0.15) is 0 Å². The lowest BCUT2D eigenvalue weighted by atomic mass is 10.0. The normalized spacial score (nSPS) is 11.7. The van der Waals surface area contributed by atoms with Crippen LogP contribution in [0.15, 0.2) is 91.2 Å². The summed E-state index contributed by atoms with van der Waals surface area (Å²) < 4.78 is 13.5. The summed E-state index contributed by atoms with van der Waals surface area (Å²) in [5.41, 5.74) is 8.99. The van der Waals surface area contributed by atoms with Crippen molar-refractivity contribution >= 4 is 22.2 Å². The Morgan fingerprint density at radius 3 is 2.47 bits per heavy atom. The molecular formula is C33H35FN4. The molecule has 0 bridgehead atoms. The fraction of sp³-hybridized carbons (Fsp3) is 0.182. The minimum Gasteiger partial charge on any atom is -0.387 e. The second kappa shape index (κ2) is 13.1. The van der Waals surface area contributed by atoms with E-state index in [2.05, 4.69) is 85.3 Å². The minimum absolute atomic E-state index is 0.234. The van der Waals surface area contributed by atoms with Crippen LogP contribution in [0.3, 0.4) is 0 Å². The zero-order valence-electron chi connectivity index (χ0n) is 22.5. The van der Waals surface area contributed by atoms with Crippen LogP contribution in [0.1, 0.15) is 37.9 Å². The molecule has 4 aromatic rings. The Kier molecular flexibility index (Phi) is 9.67. The van der Waals surface area contributed by atoms with Gasteiger partial charge in [-0.15, -0.1) is 12.8 Å². The van der Waals surface area contributed by atoms with Crippen LogP contribution < -0.4 is 10.6 Å². The Morgan fingerprint density at radius 2 is 1.84 bits per heavy atom. The number of benzene rings is 2. The number of aromatic nitrogens is 2. The lowest BCUT2D eigenvalue weighted by molar-refractivity contribution is 0.628. The van der Waals surface area contributed by atoms with E-state index in [0.29, 0.717) is 12.5 Å². The smallest absolute Gasteiger partial charge is 0.123 e. The van der Waals surface area contributed by atoms with E-state index in [0.717, 1.165) is 56.1 Å². The highest BCUT2D eigenvalue weighted by molar-refractivity contribution is 5.95. The Balaban J connectivity index is 0.00000195. The summed E-state index contributed by atoms with van der Waals surface area (Å²) in [5, 5.41) is 7.80. The molecule has 2 aromatic heterocycles. The van der Waals surface area contributed by atoms with Gasteiger partial charge in [0.1, 0.15) is 5.82 Å². The summed E-state index contributed by atoms with van der Waals surface area (Å²) in [7, 11) is 1.91. The zero-order chi connectivity index (χ0) is 27.7. The van der Waals surface area contributed by atoms with E-state index < -0.39 is 0 Å². The van der Waals surface area contributed by atoms with Crippen molar-refractivity contribution in [1.29, 1.82) is 0 Å². The number of hydrogen-bond acceptors (Lipinski definition) is 3. The highest BCUT2D eigenvalue weighted by Gasteiger charge is 2.12. The summed E-state index contributed by atoms with van der Waals surface area (Å²) in [6.45, 7) is 10.2. The largest absolute Gasteiger partial charge is 0.387 e. The van der Waals surface area contributed by atoms with Gasteiger partial charge in [0, 0.05) is 41.8 Å². The predicted octanol–water partition coefficient (Wildman–Crippen LogP) is 7.72. The maximum absolute atomic E-state index is 13.5. The van der Waals surface area contributed by atoms with Gasteiger partial charge in [0.05, 0.1) is 17.1 Å². The number of halogens is 1. The number of nitrogens with one attached hydrogen (secondary N) is 3. The third kappa shape index (κ3) is 6.60. The molecule has 38 heavy (non-hydrogen) atoms. The molecule has 0 aliphatic rings. The van der Waals surface area contributed by atoms with Crippen LogP contribution in [0.2, 0.25) is 0 Å². The van der Waals surface area contributed by atoms with Crippen LogP contribution >= 0.6 is 0 Å². The third-order valence-corrected chi connectivity index (χ3v) is 6.07.